The molecule has 4 nitrogen and oxygen atoms in total. The molecule has 0 atom stereocenters. The highest BCUT2D eigenvalue weighted by Gasteiger charge is 2.02. The maximum absolute atomic E-state index is 9.51. The molecule has 4 heteroatoms. The van der Waals surface area contributed by atoms with Gasteiger partial charge in [0, 0.05) is 11.1 Å². The fraction of sp³-hybridized carbons (Fsp3) is 0.158. The Balaban J connectivity index is 0.000000280. The van der Waals surface area contributed by atoms with E-state index in [0.29, 0.717) is 23.0 Å². The van der Waals surface area contributed by atoms with Crippen LogP contribution in [0.3, 0.4) is 0 Å². The number of phenolic OH excluding ortho intramolecular Hbond substituents is 4. The Morgan fingerprint density at radius 1 is 0.571 bits per heavy atom. The zero-order valence-electron chi connectivity index (χ0n) is 25.7. The minimum Gasteiger partial charge on any atom is -0.508 e. The van der Waals surface area contributed by atoms with Gasteiger partial charge in [-0.25, -0.2) is 0 Å². The number of para-hydroxylation sites is 2. The Morgan fingerprint density at radius 2 is 1.10 bits per heavy atom. The van der Waals surface area contributed by atoms with Crippen molar-refractivity contribution in [1.29, 1.82) is 0 Å². The van der Waals surface area contributed by atoms with Gasteiger partial charge in [-0.05, 0) is 92.6 Å². The minimum atomic E-state index is 0.331. The number of rotatable bonds is 4. The molecule has 0 bridgehead atoms. The fourth-order valence-electron chi connectivity index (χ4n) is 3.48. The zero-order valence-corrected chi connectivity index (χ0v) is 25.7. The number of hydrogen-bond acceptors (Lipinski definition) is 4. The van der Waals surface area contributed by atoms with Crippen LogP contribution in [-0.2, 0) is 0 Å². The molecule has 4 aromatic carbocycles. The average Bonchev–Trinajstić information content (AvgIpc) is 2.95. The molecule has 42 heavy (non-hydrogen) atoms. The van der Waals surface area contributed by atoms with Gasteiger partial charge in [-0.15, -0.1) is 0 Å². The second-order valence-corrected chi connectivity index (χ2v) is 10.00. The van der Waals surface area contributed by atoms with Gasteiger partial charge in [0.05, 0.1) is 0 Å². The highest BCUT2D eigenvalue weighted by atomic mass is 16.3. The summed E-state index contributed by atoms with van der Waals surface area (Å²) < 4.78 is 0. The Hall–Kier alpha value is -4.96. The minimum absolute atomic E-state index is 0.331. The summed E-state index contributed by atoms with van der Waals surface area (Å²) in [6.45, 7) is 26.0. The van der Waals surface area contributed by atoms with E-state index < -0.39 is 0 Å². The third-order valence-electron chi connectivity index (χ3n) is 6.36. The molecular formula is C38H44O4. The van der Waals surface area contributed by atoms with Crippen LogP contribution in [0.5, 0.6) is 23.0 Å². The fourth-order valence-corrected chi connectivity index (χ4v) is 3.48. The van der Waals surface area contributed by atoms with Gasteiger partial charge in [-0.2, -0.15) is 0 Å². The van der Waals surface area contributed by atoms with Crippen molar-refractivity contribution >= 4 is 23.3 Å². The van der Waals surface area contributed by atoms with Crippen LogP contribution in [0.25, 0.3) is 23.3 Å². The third-order valence-corrected chi connectivity index (χ3v) is 6.36. The summed E-state index contributed by atoms with van der Waals surface area (Å²) in [6, 6.07) is 22.3. The van der Waals surface area contributed by atoms with E-state index >= 15 is 0 Å². The first-order chi connectivity index (χ1) is 19.7. The molecule has 0 unspecified atom stereocenters. The van der Waals surface area contributed by atoms with Crippen molar-refractivity contribution in [3.63, 3.8) is 0 Å². The SMILES string of the molecule is C=C(C)c1ccc(C)c(O)c1.C=C(C)c1cccc(C)c1O.C=Cc1ccc(C)c(O)c1.C=Cc1cccc(C)c1O. The van der Waals surface area contributed by atoms with Crippen molar-refractivity contribution in [2.45, 2.75) is 41.5 Å². The summed E-state index contributed by atoms with van der Waals surface area (Å²) in [7, 11) is 0. The van der Waals surface area contributed by atoms with Gasteiger partial charge in [-0.3, -0.25) is 0 Å². The van der Waals surface area contributed by atoms with Gasteiger partial charge < -0.3 is 20.4 Å². The van der Waals surface area contributed by atoms with E-state index in [9.17, 15) is 20.4 Å². The third kappa shape index (κ3) is 10.9. The van der Waals surface area contributed by atoms with E-state index in [0.717, 1.165) is 55.7 Å². The Kier molecular flexibility index (Phi) is 14.2. The maximum Gasteiger partial charge on any atom is 0.125 e. The molecule has 4 aromatic rings. The van der Waals surface area contributed by atoms with Crippen LogP contribution >= 0.6 is 0 Å². The standard InChI is InChI=1S/2C10H12O.2C9H10O/c1-7(2)9-5-4-8(3)10(11)6-9;1-7(2)9-6-4-5-8(3)10(9)11;1-3-8-5-4-7(2)9(10)6-8;1-3-8-6-4-5-7(2)9(8)10/h2*4-6,11H,1H2,2-3H3;2*3-6,10H,1H2,2H3. The lowest BCUT2D eigenvalue weighted by Gasteiger charge is -2.04. The first kappa shape index (κ1) is 35.1. The van der Waals surface area contributed by atoms with Crippen LogP contribution in [0, 0.1) is 27.7 Å². The largest absolute Gasteiger partial charge is 0.508 e. The summed E-state index contributed by atoms with van der Waals surface area (Å²) in [5.41, 5.74) is 9.01. The van der Waals surface area contributed by atoms with E-state index in [1.165, 1.54) is 0 Å². The Bertz CT molecular complexity index is 1540. The van der Waals surface area contributed by atoms with Crippen LogP contribution < -0.4 is 0 Å². The lowest BCUT2D eigenvalue weighted by Crippen LogP contribution is -1.81. The summed E-state index contributed by atoms with van der Waals surface area (Å²) in [4.78, 5) is 0. The molecule has 0 heterocycles. The van der Waals surface area contributed by atoms with Gasteiger partial charge in [-0.1, -0.05) is 105 Å². The van der Waals surface area contributed by atoms with Crippen LogP contribution in [-0.4, -0.2) is 20.4 Å². The van der Waals surface area contributed by atoms with Gasteiger partial charge >= 0.3 is 0 Å². The molecule has 4 rings (SSSR count). The molecule has 0 fully saturated rings. The van der Waals surface area contributed by atoms with Crippen LogP contribution in [0.1, 0.15) is 58.4 Å². The topological polar surface area (TPSA) is 80.9 Å². The smallest absolute Gasteiger partial charge is 0.125 e. The van der Waals surface area contributed by atoms with Crippen molar-refractivity contribution in [2.75, 3.05) is 0 Å². The number of phenols is 4. The first-order valence-electron chi connectivity index (χ1n) is 13.5. The maximum atomic E-state index is 9.51. The molecular weight excluding hydrogens is 520 g/mol. The van der Waals surface area contributed by atoms with E-state index in [1.54, 1.807) is 24.3 Å². The molecule has 0 aliphatic heterocycles. The molecule has 220 valence electrons. The number of benzene rings is 4. The highest BCUT2D eigenvalue weighted by Crippen LogP contribution is 2.26. The van der Waals surface area contributed by atoms with Crippen molar-refractivity contribution in [3.05, 3.63) is 144 Å². The van der Waals surface area contributed by atoms with E-state index in [2.05, 4.69) is 26.3 Å². The lowest BCUT2D eigenvalue weighted by molar-refractivity contribution is 0.469. The van der Waals surface area contributed by atoms with Crippen LogP contribution in [0.15, 0.2) is 99.1 Å². The molecule has 0 aliphatic carbocycles. The molecule has 0 saturated heterocycles. The molecule has 0 aliphatic rings. The zero-order chi connectivity index (χ0) is 32.0. The predicted molar refractivity (Wildman–Crippen MR) is 181 cm³/mol. The molecule has 0 aromatic heterocycles. The van der Waals surface area contributed by atoms with Gasteiger partial charge in [0.2, 0.25) is 0 Å². The summed E-state index contributed by atoms with van der Waals surface area (Å²) in [6.07, 6.45) is 3.35. The van der Waals surface area contributed by atoms with Crippen molar-refractivity contribution in [2.24, 2.45) is 0 Å². The summed E-state index contributed by atoms with van der Waals surface area (Å²) in [5, 5.41) is 37.3. The number of hydrogen-bond donors (Lipinski definition) is 4. The summed E-state index contributed by atoms with van der Waals surface area (Å²) >= 11 is 0. The summed E-state index contributed by atoms with van der Waals surface area (Å²) in [5.74, 6) is 1.35. The van der Waals surface area contributed by atoms with Crippen LogP contribution in [0.2, 0.25) is 0 Å². The number of allylic oxidation sites excluding steroid dienone is 2. The van der Waals surface area contributed by atoms with Gasteiger partial charge in [0.1, 0.15) is 23.0 Å². The monoisotopic (exact) mass is 564 g/mol. The average molecular weight is 565 g/mol. The molecule has 0 radical (unpaired) electrons. The second kappa shape index (κ2) is 17.0. The van der Waals surface area contributed by atoms with E-state index in [4.69, 9.17) is 0 Å². The second-order valence-electron chi connectivity index (χ2n) is 10.00. The predicted octanol–water partition coefficient (Wildman–Crippen LogP) is 10.2. The van der Waals surface area contributed by atoms with Crippen molar-refractivity contribution < 1.29 is 20.4 Å². The van der Waals surface area contributed by atoms with Crippen molar-refractivity contribution in [1.82, 2.24) is 0 Å². The van der Waals surface area contributed by atoms with Gasteiger partial charge in [0.15, 0.2) is 0 Å². The Labute approximate surface area is 251 Å². The highest BCUT2D eigenvalue weighted by molar-refractivity contribution is 5.68. The molecule has 0 spiro atoms. The normalized spacial score (nSPS) is 9.48. The molecule has 0 amide bonds. The lowest BCUT2D eigenvalue weighted by atomic mass is 10.0. The number of aryl methyl sites for hydroxylation is 4. The number of aromatic hydroxyl groups is 4. The Morgan fingerprint density at radius 3 is 1.52 bits per heavy atom. The first-order valence-corrected chi connectivity index (χ1v) is 13.5. The van der Waals surface area contributed by atoms with E-state index in [1.807, 2.05) is 102 Å². The van der Waals surface area contributed by atoms with Crippen molar-refractivity contribution in [3.8, 4) is 23.0 Å². The van der Waals surface area contributed by atoms with Crippen LogP contribution in [0.4, 0.5) is 0 Å². The molecule has 4 N–H and O–H groups in total. The van der Waals surface area contributed by atoms with E-state index in [-0.39, 0.29) is 0 Å². The van der Waals surface area contributed by atoms with Gasteiger partial charge in [0.25, 0.3) is 0 Å². The quantitative estimate of drug-likeness (QED) is 0.199. The molecule has 0 saturated carbocycles.